The summed E-state index contributed by atoms with van der Waals surface area (Å²) in [5.74, 6) is 2.34. The van der Waals surface area contributed by atoms with E-state index in [9.17, 15) is 4.79 Å². The molecular formula is C20H22O5. The molecule has 0 aromatic heterocycles. The molecule has 0 saturated carbocycles. The molecule has 0 spiro atoms. The van der Waals surface area contributed by atoms with Crippen molar-refractivity contribution in [1.82, 2.24) is 0 Å². The highest BCUT2D eigenvalue weighted by Gasteiger charge is 2.12. The summed E-state index contributed by atoms with van der Waals surface area (Å²) < 4.78 is 21.1. The van der Waals surface area contributed by atoms with Gasteiger partial charge in [0.05, 0.1) is 28.4 Å². The molecule has 0 aliphatic carbocycles. The van der Waals surface area contributed by atoms with Gasteiger partial charge >= 0.3 is 0 Å². The van der Waals surface area contributed by atoms with Crippen LogP contribution in [0.2, 0.25) is 0 Å². The number of carbonyl (C=O) groups excluding carboxylic acids is 1. The van der Waals surface area contributed by atoms with Gasteiger partial charge in [0.25, 0.3) is 0 Å². The first kappa shape index (κ1) is 18.4. The van der Waals surface area contributed by atoms with Crippen LogP contribution in [0.5, 0.6) is 23.0 Å². The molecule has 132 valence electrons. The average Bonchev–Trinajstić information content (AvgIpc) is 2.64. The molecule has 0 atom stereocenters. The van der Waals surface area contributed by atoms with E-state index in [1.165, 1.54) is 6.08 Å². The number of ether oxygens (including phenoxy) is 4. The maximum Gasteiger partial charge on any atom is 0.186 e. The molecule has 5 heteroatoms. The molecule has 0 fully saturated rings. The second-order valence-electron chi connectivity index (χ2n) is 5.33. The summed E-state index contributed by atoms with van der Waals surface area (Å²) in [5, 5.41) is 0. The molecule has 25 heavy (non-hydrogen) atoms. The fraction of sp³-hybridized carbons (Fsp3) is 0.250. The summed E-state index contributed by atoms with van der Waals surface area (Å²) in [6.45, 7) is 1.87. The summed E-state index contributed by atoms with van der Waals surface area (Å²) in [6, 6.07) is 8.86. The molecule has 0 amide bonds. The largest absolute Gasteiger partial charge is 0.497 e. The zero-order valence-electron chi connectivity index (χ0n) is 15.1. The summed E-state index contributed by atoms with van der Waals surface area (Å²) in [7, 11) is 6.28. The topological polar surface area (TPSA) is 54.0 Å². The minimum atomic E-state index is -0.137. The second kappa shape index (κ2) is 8.24. The number of ketones is 1. The summed E-state index contributed by atoms with van der Waals surface area (Å²) in [6.07, 6.45) is 3.22. The molecule has 0 unspecified atom stereocenters. The highest BCUT2D eigenvalue weighted by atomic mass is 16.5. The first-order valence-corrected chi connectivity index (χ1v) is 7.71. The Labute approximate surface area is 147 Å². The van der Waals surface area contributed by atoms with Crippen LogP contribution in [0.3, 0.4) is 0 Å². The number of hydrogen-bond donors (Lipinski definition) is 0. The van der Waals surface area contributed by atoms with Crippen LogP contribution in [-0.4, -0.2) is 34.2 Å². The van der Waals surface area contributed by atoms with Gasteiger partial charge in [-0.15, -0.1) is 0 Å². The fourth-order valence-corrected chi connectivity index (χ4v) is 2.51. The first-order valence-electron chi connectivity index (χ1n) is 7.71. The van der Waals surface area contributed by atoms with Crippen LogP contribution in [-0.2, 0) is 0 Å². The Balaban J connectivity index is 2.31. The molecule has 0 heterocycles. The van der Waals surface area contributed by atoms with Crippen molar-refractivity contribution < 1.29 is 23.7 Å². The lowest BCUT2D eigenvalue weighted by atomic mass is 10.0. The van der Waals surface area contributed by atoms with Gasteiger partial charge in [-0.05, 0) is 48.9 Å². The van der Waals surface area contributed by atoms with Gasteiger partial charge in [-0.2, -0.15) is 0 Å². The molecule has 2 rings (SSSR count). The minimum Gasteiger partial charge on any atom is -0.497 e. The third-order valence-electron chi connectivity index (χ3n) is 3.80. The Kier molecular flexibility index (Phi) is 6.06. The van der Waals surface area contributed by atoms with E-state index < -0.39 is 0 Å². The van der Waals surface area contributed by atoms with Crippen LogP contribution in [0.1, 0.15) is 21.5 Å². The Bertz CT molecular complexity index is 793. The van der Waals surface area contributed by atoms with E-state index >= 15 is 0 Å². The van der Waals surface area contributed by atoms with E-state index in [1.807, 2.05) is 19.1 Å². The summed E-state index contributed by atoms with van der Waals surface area (Å²) in [4.78, 5) is 12.5. The van der Waals surface area contributed by atoms with Gasteiger partial charge in [0.1, 0.15) is 11.5 Å². The van der Waals surface area contributed by atoms with Gasteiger partial charge in [-0.1, -0.05) is 0 Å². The van der Waals surface area contributed by atoms with Crippen LogP contribution in [0.25, 0.3) is 6.08 Å². The predicted octanol–water partition coefficient (Wildman–Crippen LogP) is 3.93. The third-order valence-corrected chi connectivity index (χ3v) is 3.80. The Morgan fingerprint density at radius 3 is 2.20 bits per heavy atom. The monoisotopic (exact) mass is 342 g/mol. The molecule has 0 aliphatic rings. The van der Waals surface area contributed by atoms with Crippen LogP contribution in [0, 0.1) is 6.92 Å². The Morgan fingerprint density at radius 1 is 0.880 bits per heavy atom. The molecule has 2 aromatic carbocycles. The van der Waals surface area contributed by atoms with E-state index in [-0.39, 0.29) is 5.78 Å². The van der Waals surface area contributed by atoms with E-state index in [1.54, 1.807) is 52.7 Å². The molecule has 2 aromatic rings. The van der Waals surface area contributed by atoms with Crippen molar-refractivity contribution in [2.45, 2.75) is 6.92 Å². The Morgan fingerprint density at radius 2 is 1.60 bits per heavy atom. The quantitative estimate of drug-likeness (QED) is 0.564. The zero-order chi connectivity index (χ0) is 18.4. The van der Waals surface area contributed by atoms with E-state index in [2.05, 4.69) is 0 Å². The first-order chi connectivity index (χ1) is 12.0. The van der Waals surface area contributed by atoms with E-state index in [0.29, 0.717) is 28.6 Å². The maximum atomic E-state index is 12.5. The highest BCUT2D eigenvalue weighted by molar-refractivity contribution is 6.07. The van der Waals surface area contributed by atoms with Crippen molar-refractivity contribution in [3.05, 3.63) is 53.1 Å². The lowest BCUT2D eigenvalue weighted by Gasteiger charge is -2.11. The Hall–Kier alpha value is -2.95. The second-order valence-corrected chi connectivity index (χ2v) is 5.33. The number of allylic oxidation sites excluding steroid dienone is 1. The molecule has 0 aliphatic heterocycles. The minimum absolute atomic E-state index is 0.137. The van der Waals surface area contributed by atoms with Crippen molar-refractivity contribution in [2.24, 2.45) is 0 Å². The van der Waals surface area contributed by atoms with Gasteiger partial charge in [-0.25, -0.2) is 0 Å². The van der Waals surface area contributed by atoms with Crippen LogP contribution < -0.4 is 18.9 Å². The van der Waals surface area contributed by atoms with E-state index in [0.717, 1.165) is 11.1 Å². The SMILES string of the molecule is COc1ccc(/C=C/C(=O)c2cc(C)c(OC)c(OC)c2)c(OC)c1. The number of benzene rings is 2. The maximum absolute atomic E-state index is 12.5. The standard InChI is InChI=1S/C20H22O5/c1-13-10-15(11-19(24-4)20(13)25-5)17(21)9-7-14-6-8-16(22-2)12-18(14)23-3/h6-12H,1-5H3/b9-7+. The van der Waals surface area contributed by atoms with Gasteiger partial charge in [0.2, 0.25) is 0 Å². The smallest absolute Gasteiger partial charge is 0.186 e. The number of aryl methyl sites for hydroxylation is 1. The van der Waals surface area contributed by atoms with Crippen molar-refractivity contribution in [2.75, 3.05) is 28.4 Å². The molecule has 0 N–H and O–H groups in total. The molecular weight excluding hydrogens is 320 g/mol. The number of hydrogen-bond acceptors (Lipinski definition) is 5. The third kappa shape index (κ3) is 4.12. The van der Waals surface area contributed by atoms with Gasteiger partial charge in [-0.3, -0.25) is 4.79 Å². The van der Waals surface area contributed by atoms with E-state index in [4.69, 9.17) is 18.9 Å². The molecule has 0 bridgehead atoms. The lowest BCUT2D eigenvalue weighted by Crippen LogP contribution is -2.00. The van der Waals surface area contributed by atoms with Crippen LogP contribution >= 0.6 is 0 Å². The summed E-state index contributed by atoms with van der Waals surface area (Å²) in [5.41, 5.74) is 2.15. The van der Waals surface area contributed by atoms with Crippen LogP contribution in [0.4, 0.5) is 0 Å². The number of methoxy groups -OCH3 is 4. The van der Waals surface area contributed by atoms with Gasteiger partial charge in [0.15, 0.2) is 17.3 Å². The van der Waals surface area contributed by atoms with Crippen LogP contribution in [0.15, 0.2) is 36.4 Å². The molecule has 0 saturated heterocycles. The van der Waals surface area contributed by atoms with Gasteiger partial charge in [0, 0.05) is 17.2 Å². The van der Waals surface area contributed by atoms with Crippen molar-refractivity contribution in [3.63, 3.8) is 0 Å². The molecule has 5 nitrogen and oxygen atoms in total. The number of carbonyl (C=O) groups is 1. The number of rotatable bonds is 7. The predicted molar refractivity (Wildman–Crippen MR) is 97.2 cm³/mol. The van der Waals surface area contributed by atoms with Crippen molar-refractivity contribution >= 4 is 11.9 Å². The zero-order valence-corrected chi connectivity index (χ0v) is 15.1. The normalized spacial score (nSPS) is 10.6. The summed E-state index contributed by atoms with van der Waals surface area (Å²) >= 11 is 0. The average molecular weight is 342 g/mol. The highest BCUT2D eigenvalue weighted by Crippen LogP contribution is 2.32. The van der Waals surface area contributed by atoms with Crippen molar-refractivity contribution in [3.8, 4) is 23.0 Å². The van der Waals surface area contributed by atoms with Crippen molar-refractivity contribution in [1.29, 1.82) is 0 Å². The molecule has 0 radical (unpaired) electrons. The fourth-order valence-electron chi connectivity index (χ4n) is 2.51. The van der Waals surface area contributed by atoms with Gasteiger partial charge < -0.3 is 18.9 Å². The lowest BCUT2D eigenvalue weighted by molar-refractivity contribution is 0.104.